The normalized spacial score (nSPS) is 22.9. The van der Waals surface area contributed by atoms with E-state index in [1.807, 2.05) is 19.9 Å². The third kappa shape index (κ3) is 2.89. The molecule has 1 heterocycles. The first-order chi connectivity index (χ1) is 9.02. The number of aromatic nitrogens is 1. The Labute approximate surface area is 116 Å². The molecule has 0 bridgehead atoms. The van der Waals surface area contributed by atoms with Crippen LogP contribution in [0.5, 0.6) is 0 Å². The summed E-state index contributed by atoms with van der Waals surface area (Å²) in [5.74, 6) is 0.788. The molecule has 0 aliphatic heterocycles. The summed E-state index contributed by atoms with van der Waals surface area (Å²) in [6.45, 7) is 6.25. The summed E-state index contributed by atoms with van der Waals surface area (Å²) in [4.78, 5) is 6.70. The quantitative estimate of drug-likeness (QED) is 0.813. The van der Waals surface area contributed by atoms with Crippen LogP contribution in [0.25, 0.3) is 0 Å². The lowest BCUT2D eigenvalue weighted by Crippen LogP contribution is -2.36. The van der Waals surface area contributed by atoms with E-state index in [4.69, 9.17) is 0 Å². The van der Waals surface area contributed by atoms with Gasteiger partial charge in [-0.05, 0) is 38.7 Å². The van der Waals surface area contributed by atoms with Crippen molar-refractivity contribution in [3.63, 3.8) is 0 Å². The molecule has 3 heteroatoms. The summed E-state index contributed by atoms with van der Waals surface area (Å²) >= 11 is 0. The second-order valence-electron chi connectivity index (χ2n) is 5.89. The predicted molar refractivity (Wildman–Crippen MR) is 78.2 cm³/mol. The minimum Gasteiger partial charge on any atom is -0.370 e. The van der Waals surface area contributed by atoms with Crippen LogP contribution in [-0.2, 0) is 0 Å². The number of anilines is 1. The van der Waals surface area contributed by atoms with Crippen molar-refractivity contribution in [3.8, 4) is 6.07 Å². The maximum atomic E-state index is 9.37. The van der Waals surface area contributed by atoms with E-state index < -0.39 is 0 Å². The highest BCUT2D eigenvalue weighted by atomic mass is 15.1. The molecule has 19 heavy (non-hydrogen) atoms. The number of aryl methyl sites for hydroxylation is 2. The SMILES string of the molecule is Cc1cc(N(C)C2CCCC(C)C2)c(C#N)c(C)n1. The molecular formula is C16H23N3. The van der Waals surface area contributed by atoms with Crippen molar-refractivity contribution in [2.45, 2.75) is 52.5 Å². The Bertz CT molecular complexity index is 501. The summed E-state index contributed by atoms with van der Waals surface area (Å²) in [5, 5.41) is 9.37. The molecule has 0 saturated heterocycles. The average Bonchev–Trinajstić information content (AvgIpc) is 2.37. The molecule has 1 aromatic rings. The van der Waals surface area contributed by atoms with Gasteiger partial charge >= 0.3 is 0 Å². The molecule has 2 atom stereocenters. The Morgan fingerprint density at radius 2 is 2.11 bits per heavy atom. The molecule has 1 aromatic heterocycles. The molecule has 0 N–H and O–H groups in total. The summed E-state index contributed by atoms with van der Waals surface area (Å²) < 4.78 is 0. The zero-order valence-corrected chi connectivity index (χ0v) is 12.4. The van der Waals surface area contributed by atoms with E-state index >= 15 is 0 Å². The summed E-state index contributed by atoms with van der Waals surface area (Å²) in [6, 6.07) is 4.92. The highest BCUT2D eigenvalue weighted by molar-refractivity contribution is 5.61. The molecule has 1 fully saturated rings. The van der Waals surface area contributed by atoms with Gasteiger partial charge in [-0.25, -0.2) is 0 Å². The van der Waals surface area contributed by atoms with Gasteiger partial charge in [0, 0.05) is 18.8 Å². The standard InChI is InChI=1S/C16H23N3/c1-11-6-5-7-14(8-11)19(4)16-9-12(2)18-13(3)15(16)10-17/h9,11,14H,5-8H2,1-4H3. The highest BCUT2D eigenvalue weighted by Gasteiger charge is 2.24. The van der Waals surface area contributed by atoms with E-state index in [9.17, 15) is 5.26 Å². The lowest BCUT2D eigenvalue weighted by Gasteiger charge is -2.36. The van der Waals surface area contributed by atoms with E-state index in [1.54, 1.807) is 0 Å². The Kier molecular flexibility index (Phi) is 4.09. The van der Waals surface area contributed by atoms with Crippen molar-refractivity contribution in [2.75, 3.05) is 11.9 Å². The number of hydrogen-bond acceptors (Lipinski definition) is 3. The third-order valence-electron chi connectivity index (χ3n) is 4.26. The fourth-order valence-corrected chi connectivity index (χ4v) is 3.17. The van der Waals surface area contributed by atoms with E-state index in [-0.39, 0.29) is 0 Å². The first-order valence-corrected chi connectivity index (χ1v) is 7.14. The molecule has 3 nitrogen and oxygen atoms in total. The van der Waals surface area contributed by atoms with Gasteiger partial charge in [0.15, 0.2) is 0 Å². The molecule has 0 spiro atoms. The molecule has 2 unspecified atom stereocenters. The van der Waals surface area contributed by atoms with Gasteiger partial charge in [-0.1, -0.05) is 19.8 Å². The number of nitrogens with zero attached hydrogens (tertiary/aromatic N) is 3. The van der Waals surface area contributed by atoms with Gasteiger partial charge in [0.05, 0.1) is 16.9 Å². The molecule has 0 radical (unpaired) electrons. The number of pyridine rings is 1. The second kappa shape index (κ2) is 5.61. The topological polar surface area (TPSA) is 39.9 Å². The lowest BCUT2D eigenvalue weighted by atomic mass is 9.86. The third-order valence-corrected chi connectivity index (χ3v) is 4.26. The molecule has 0 amide bonds. The zero-order chi connectivity index (χ0) is 14.0. The fourth-order valence-electron chi connectivity index (χ4n) is 3.17. The van der Waals surface area contributed by atoms with Crippen LogP contribution in [0.1, 0.15) is 49.6 Å². The van der Waals surface area contributed by atoms with Gasteiger partial charge in [-0.3, -0.25) is 4.98 Å². The Morgan fingerprint density at radius 1 is 1.37 bits per heavy atom. The van der Waals surface area contributed by atoms with Gasteiger partial charge in [0.1, 0.15) is 6.07 Å². The second-order valence-corrected chi connectivity index (χ2v) is 5.89. The largest absolute Gasteiger partial charge is 0.370 e. The molecule has 102 valence electrons. The van der Waals surface area contributed by atoms with Crippen molar-refractivity contribution in [3.05, 3.63) is 23.0 Å². The predicted octanol–water partition coefficient (Wildman–Crippen LogP) is 3.59. The smallest absolute Gasteiger partial charge is 0.103 e. The van der Waals surface area contributed by atoms with Gasteiger partial charge in [0.25, 0.3) is 0 Å². The monoisotopic (exact) mass is 257 g/mol. The Balaban J connectivity index is 2.33. The maximum absolute atomic E-state index is 9.37. The van der Waals surface area contributed by atoms with Gasteiger partial charge in [-0.15, -0.1) is 0 Å². The van der Waals surface area contributed by atoms with Crippen molar-refractivity contribution in [1.29, 1.82) is 5.26 Å². The number of nitriles is 1. The van der Waals surface area contributed by atoms with Crippen LogP contribution in [0.3, 0.4) is 0 Å². The van der Waals surface area contributed by atoms with Crippen LogP contribution in [0.2, 0.25) is 0 Å². The van der Waals surface area contributed by atoms with Crippen molar-refractivity contribution in [1.82, 2.24) is 4.98 Å². The summed E-state index contributed by atoms with van der Waals surface area (Å²) in [7, 11) is 2.12. The van der Waals surface area contributed by atoms with E-state index in [0.29, 0.717) is 6.04 Å². The molecule has 1 aliphatic rings. The van der Waals surface area contributed by atoms with Crippen LogP contribution in [-0.4, -0.2) is 18.1 Å². The molecule has 2 rings (SSSR count). The minimum atomic E-state index is 0.553. The fraction of sp³-hybridized carbons (Fsp3) is 0.625. The molecule has 0 aromatic carbocycles. The molecular weight excluding hydrogens is 234 g/mol. The summed E-state index contributed by atoms with van der Waals surface area (Å²) in [5.41, 5.74) is 3.60. The van der Waals surface area contributed by atoms with Gasteiger partial charge < -0.3 is 4.90 Å². The highest BCUT2D eigenvalue weighted by Crippen LogP contribution is 2.31. The minimum absolute atomic E-state index is 0.553. The Hall–Kier alpha value is -1.56. The first kappa shape index (κ1) is 13.9. The first-order valence-electron chi connectivity index (χ1n) is 7.14. The van der Waals surface area contributed by atoms with Crippen LogP contribution >= 0.6 is 0 Å². The van der Waals surface area contributed by atoms with Crippen molar-refractivity contribution >= 4 is 5.69 Å². The molecule has 1 saturated carbocycles. The zero-order valence-electron chi connectivity index (χ0n) is 12.4. The van der Waals surface area contributed by atoms with Gasteiger partial charge in [-0.2, -0.15) is 5.26 Å². The van der Waals surface area contributed by atoms with Crippen LogP contribution in [0.4, 0.5) is 5.69 Å². The number of hydrogen-bond donors (Lipinski definition) is 0. The number of rotatable bonds is 2. The van der Waals surface area contributed by atoms with Crippen molar-refractivity contribution < 1.29 is 0 Å². The maximum Gasteiger partial charge on any atom is 0.103 e. The van der Waals surface area contributed by atoms with E-state index in [0.717, 1.165) is 28.6 Å². The van der Waals surface area contributed by atoms with E-state index in [1.165, 1.54) is 25.7 Å². The lowest BCUT2D eigenvalue weighted by molar-refractivity contribution is 0.336. The summed E-state index contributed by atoms with van der Waals surface area (Å²) in [6.07, 6.45) is 5.08. The van der Waals surface area contributed by atoms with Crippen LogP contribution in [0, 0.1) is 31.1 Å². The van der Waals surface area contributed by atoms with Crippen LogP contribution in [0.15, 0.2) is 6.07 Å². The van der Waals surface area contributed by atoms with E-state index in [2.05, 4.69) is 29.9 Å². The van der Waals surface area contributed by atoms with Crippen molar-refractivity contribution in [2.24, 2.45) is 5.92 Å². The van der Waals surface area contributed by atoms with Gasteiger partial charge in [0.2, 0.25) is 0 Å². The average molecular weight is 257 g/mol. The van der Waals surface area contributed by atoms with Crippen LogP contribution < -0.4 is 4.90 Å². The Morgan fingerprint density at radius 3 is 2.74 bits per heavy atom. The molecule has 1 aliphatic carbocycles.